The highest BCUT2D eigenvalue weighted by atomic mass is 19.4. The largest absolute Gasteiger partial charge is 0.416 e. The maximum Gasteiger partial charge on any atom is 0.416 e. The Morgan fingerprint density at radius 1 is 0.903 bits per heavy atom. The van der Waals surface area contributed by atoms with Crippen molar-refractivity contribution < 1.29 is 51.4 Å². The van der Waals surface area contributed by atoms with Gasteiger partial charge < -0.3 is 36.1 Å². The number of anilines is 3. The predicted octanol–water partition coefficient (Wildman–Crippen LogP) is 5.80. The third kappa shape index (κ3) is 12.2. The van der Waals surface area contributed by atoms with E-state index in [0.717, 1.165) is 54.2 Å². The number of carbonyl (C=O) groups is 6. The standard InChI is InChI=1S/C50H54F3N11O8/c1-30-8-9-33(25-38(30)63-20-15-40(65)60-49(63)70)47(68)56-18-22-72-24-23-71-21-16-42(67)62-19-3-2-5-34-28-57-46(54)43-44(61-64(45(34)43)37-7-4-6-36(27-37)58-41(66)29-62)31-10-12-32(13-11-31)48(69)59-39-26-35(14-17-55-39)50(51,52)53/h2,5,8-14,17,25-26,28,36-37H,3-4,6-7,15-16,18-24,27,29H2,1H3,(H2,54,57)(H,56,68)(H,58,66)(H,55,59,69)(H,60,65,70)/b5-2+/t36-,37-/m1/s1. The van der Waals surface area contributed by atoms with Crippen LogP contribution in [0.2, 0.25) is 0 Å². The van der Waals surface area contributed by atoms with Gasteiger partial charge in [0, 0.05) is 72.4 Å². The molecule has 8 rings (SSSR count). The number of nitrogen functional groups attached to an aromatic ring is 1. The highest BCUT2D eigenvalue weighted by Gasteiger charge is 2.32. The average Bonchev–Trinajstić information content (AvgIpc) is 3.77. The molecule has 3 aromatic heterocycles. The number of nitrogens with zero attached hydrogens (tertiary/aromatic N) is 6. The molecule has 6 N–H and O–H groups in total. The number of rotatable bonds is 14. The van der Waals surface area contributed by atoms with Gasteiger partial charge in [0.05, 0.1) is 61.9 Å². The summed E-state index contributed by atoms with van der Waals surface area (Å²) in [5.41, 5.74) is 10.1. The lowest BCUT2D eigenvalue weighted by atomic mass is 9.90. The minimum atomic E-state index is -4.60. The second-order valence-electron chi connectivity index (χ2n) is 17.7. The van der Waals surface area contributed by atoms with E-state index in [4.69, 9.17) is 20.3 Å². The topological polar surface area (TPSA) is 245 Å². The molecule has 2 aliphatic heterocycles. The molecule has 0 radical (unpaired) electrons. The van der Waals surface area contributed by atoms with Gasteiger partial charge in [0.1, 0.15) is 17.3 Å². The molecule has 0 spiro atoms. The van der Waals surface area contributed by atoms with Gasteiger partial charge in [0.25, 0.3) is 11.8 Å². The predicted molar refractivity (Wildman–Crippen MR) is 260 cm³/mol. The lowest BCUT2D eigenvalue weighted by Crippen LogP contribution is -2.49. The van der Waals surface area contributed by atoms with Gasteiger partial charge in [0.15, 0.2) is 0 Å². The summed E-state index contributed by atoms with van der Waals surface area (Å²) >= 11 is 0. The number of hydrogen-bond acceptors (Lipinski definition) is 12. The van der Waals surface area contributed by atoms with Crippen LogP contribution in [0.5, 0.6) is 0 Å². The van der Waals surface area contributed by atoms with Crippen molar-refractivity contribution in [3.63, 3.8) is 0 Å². The van der Waals surface area contributed by atoms with Gasteiger partial charge in [-0.1, -0.05) is 30.4 Å². The number of pyridine rings is 2. The maximum atomic E-state index is 13.5. The number of carbonyl (C=O) groups excluding carboxylic acids is 6. The molecule has 5 heterocycles. The molecule has 5 aromatic rings. The number of benzene rings is 2. The maximum absolute atomic E-state index is 13.5. The van der Waals surface area contributed by atoms with Crippen molar-refractivity contribution in [2.24, 2.45) is 0 Å². The zero-order valence-electron chi connectivity index (χ0n) is 39.4. The van der Waals surface area contributed by atoms with Crippen molar-refractivity contribution in [3.05, 3.63) is 101 Å². The fourth-order valence-electron chi connectivity index (χ4n) is 8.96. The summed E-state index contributed by atoms with van der Waals surface area (Å²) in [5.74, 6) is -1.88. The number of ether oxygens (including phenoxy) is 2. The number of aromatic nitrogens is 4. The van der Waals surface area contributed by atoms with Crippen molar-refractivity contribution in [3.8, 4) is 11.3 Å². The molecule has 2 bridgehead atoms. The molecule has 19 nitrogen and oxygen atoms in total. The first-order valence-corrected chi connectivity index (χ1v) is 23.6. The van der Waals surface area contributed by atoms with Gasteiger partial charge in [-0.15, -0.1) is 0 Å². The van der Waals surface area contributed by atoms with Crippen LogP contribution in [-0.2, 0) is 30.0 Å². The molecular formula is C50H54F3N11O8. The zero-order chi connectivity index (χ0) is 50.9. The van der Waals surface area contributed by atoms with E-state index in [2.05, 4.69) is 31.2 Å². The van der Waals surface area contributed by atoms with Crippen molar-refractivity contribution in [1.82, 2.24) is 40.6 Å². The minimum Gasteiger partial charge on any atom is -0.383 e. The summed E-state index contributed by atoms with van der Waals surface area (Å²) in [6, 6.07) is 12.2. The molecule has 378 valence electrons. The molecular weight excluding hydrogens is 940 g/mol. The number of fused-ring (bicyclic) bond motifs is 3. The molecule has 22 heteroatoms. The minimum absolute atomic E-state index is 0.0373. The molecule has 2 aromatic carbocycles. The Morgan fingerprint density at radius 2 is 1.68 bits per heavy atom. The molecule has 72 heavy (non-hydrogen) atoms. The van der Waals surface area contributed by atoms with Crippen LogP contribution in [0.4, 0.5) is 35.3 Å². The monoisotopic (exact) mass is 993 g/mol. The van der Waals surface area contributed by atoms with Crippen LogP contribution in [0.3, 0.4) is 0 Å². The number of halogens is 3. The fourth-order valence-corrected chi connectivity index (χ4v) is 8.96. The Bertz CT molecular complexity index is 2890. The molecule has 1 aliphatic carbocycles. The Hall–Kier alpha value is -7.72. The summed E-state index contributed by atoms with van der Waals surface area (Å²) in [7, 11) is 0. The summed E-state index contributed by atoms with van der Waals surface area (Å²) in [4.78, 5) is 88.2. The first-order chi connectivity index (χ1) is 34.6. The smallest absolute Gasteiger partial charge is 0.383 e. The van der Waals surface area contributed by atoms with Gasteiger partial charge in [-0.05, 0) is 81.0 Å². The number of nitrogens with two attached hydrogens (primary N) is 1. The van der Waals surface area contributed by atoms with Crippen molar-refractivity contribution in [1.29, 1.82) is 0 Å². The SMILES string of the molecule is Cc1ccc(C(=O)NCCOCCOCCC(=O)N2CC/C=C/c3cnc(N)c4c(-c5ccc(C(=O)Nc6cc(C(F)(F)F)ccn6)cc5)nn(c34)[C@@H]3CCC[C@H](C3)NC(=O)C2)cc1N1CCC(=O)NC1=O. The number of imide groups is 1. The van der Waals surface area contributed by atoms with E-state index in [1.807, 2.05) is 23.8 Å². The van der Waals surface area contributed by atoms with Crippen molar-refractivity contribution in [2.75, 3.05) is 68.6 Å². The second-order valence-corrected chi connectivity index (χ2v) is 17.7. The van der Waals surface area contributed by atoms with Crippen LogP contribution in [-0.4, -0.2) is 119 Å². The first kappa shape index (κ1) is 50.7. The number of urea groups is 1. The quantitative estimate of drug-likeness (QED) is 0.0830. The molecule has 2 fully saturated rings. The molecule has 1 saturated carbocycles. The molecule has 2 atom stereocenters. The van der Waals surface area contributed by atoms with Gasteiger partial charge in [0.2, 0.25) is 17.7 Å². The van der Waals surface area contributed by atoms with Gasteiger partial charge in [-0.25, -0.2) is 14.8 Å². The number of alkyl halides is 3. The van der Waals surface area contributed by atoms with E-state index >= 15 is 0 Å². The summed E-state index contributed by atoms with van der Waals surface area (Å²) < 4.78 is 53.0. The van der Waals surface area contributed by atoms with Gasteiger partial charge in [-0.2, -0.15) is 18.3 Å². The van der Waals surface area contributed by atoms with E-state index in [9.17, 15) is 41.9 Å². The fraction of sp³-hybridized carbons (Fsp3) is 0.380. The average molecular weight is 994 g/mol. The Morgan fingerprint density at radius 3 is 2.46 bits per heavy atom. The van der Waals surface area contributed by atoms with Crippen LogP contribution < -0.4 is 31.9 Å². The number of amides is 7. The van der Waals surface area contributed by atoms with E-state index in [0.29, 0.717) is 40.7 Å². The lowest BCUT2D eigenvalue weighted by Gasteiger charge is -2.31. The molecule has 1 saturated heterocycles. The number of nitrogens with one attached hydrogen (secondary N) is 4. The highest BCUT2D eigenvalue weighted by molar-refractivity contribution is 6.07. The van der Waals surface area contributed by atoms with Crippen LogP contribution in [0.25, 0.3) is 28.2 Å². The van der Waals surface area contributed by atoms with E-state index in [-0.39, 0.29) is 118 Å². The zero-order valence-corrected chi connectivity index (χ0v) is 39.4. The van der Waals surface area contributed by atoms with Crippen molar-refractivity contribution >= 4 is 69.9 Å². The summed E-state index contributed by atoms with van der Waals surface area (Å²) in [6.45, 7) is 3.10. The lowest BCUT2D eigenvalue weighted by molar-refractivity contribution is -0.137. The van der Waals surface area contributed by atoms with E-state index in [1.54, 1.807) is 36.5 Å². The van der Waals surface area contributed by atoms with Crippen LogP contribution >= 0.6 is 0 Å². The third-order valence-corrected chi connectivity index (χ3v) is 12.6. The summed E-state index contributed by atoms with van der Waals surface area (Å²) in [5, 5.41) is 16.3. The normalized spacial score (nSPS) is 18.0. The van der Waals surface area contributed by atoms with Gasteiger partial charge in [-0.3, -0.25) is 38.9 Å². The van der Waals surface area contributed by atoms with Crippen LogP contribution in [0.15, 0.2) is 73.1 Å². The van der Waals surface area contributed by atoms with Crippen LogP contribution in [0, 0.1) is 6.92 Å². The van der Waals surface area contributed by atoms with Crippen molar-refractivity contribution in [2.45, 2.75) is 70.1 Å². The van der Waals surface area contributed by atoms with E-state index in [1.165, 1.54) is 21.9 Å². The summed E-state index contributed by atoms with van der Waals surface area (Å²) in [6.07, 6.45) is 5.32. The molecule has 7 amide bonds. The molecule has 3 aliphatic rings. The number of hydrogen-bond donors (Lipinski definition) is 5. The Labute approximate surface area is 411 Å². The Balaban J connectivity index is 0.854. The Kier molecular flexibility index (Phi) is 15.9. The van der Waals surface area contributed by atoms with Crippen LogP contribution in [0.1, 0.15) is 88.4 Å². The number of aryl methyl sites for hydroxylation is 1. The third-order valence-electron chi connectivity index (χ3n) is 12.6. The first-order valence-electron chi connectivity index (χ1n) is 23.6. The highest BCUT2D eigenvalue weighted by Crippen LogP contribution is 2.39. The van der Waals surface area contributed by atoms with E-state index < -0.39 is 23.7 Å². The molecule has 0 unspecified atom stereocenters. The van der Waals surface area contributed by atoms with Gasteiger partial charge >= 0.3 is 12.2 Å². The second kappa shape index (κ2) is 22.6.